The van der Waals surface area contributed by atoms with E-state index in [1.54, 1.807) is 0 Å². The fourth-order valence-corrected chi connectivity index (χ4v) is 0.713. The molecule has 0 aliphatic carbocycles. The number of hydrogen-bond donors (Lipinski definition) is 1. The molecule has 3 heteroatoms. The SMILES string of the molecule is [2H]OC1([2H])C([2H])([2H])C(C([2H])([2H])[2H])(C([2H])([2H])[2H])N([O])C(C([2H])([2H])[2H])(C([2H])([2H])[2H])C1([2H])[2H]. The molecule has 1 saturated heterocycles. The van der Waals surface area contributed by atoms with Crippen LogP contribution in [0.25, 0.3) is 0 Å². The van der Waals surface area contributed by atoms with E-state index >= 15 is 0 Å². The van der Waals surface area contributed by atoms with E-state index < -0.39 is 62.4 Å². The van der Waals surface area contributed by atoms with Crippen molar-refractivity contribution in [2.24, 2.45) is 0 Å². The molecule has 1 N–H and O–H groups in total. The molecular weight excluding hydrogens is 154 g/mol. The molecule has 0 unspecified atom stereocenters. The predicted octanol–water partition coefficient (Wildman–Crippen LogP) is 1.35. The van der Waals surface area contributed by atoms with Gasteiger partial charge in [-0.25, -0.2) is 0 Å². The third-order valence-corrected chi connectivity index (χ3v) is 1.20. The molecule has 0 aromatic heterocycles. The fraction of sp³-hybridized carbons (Fsp3) is 1.00. The first kappa shape index (κ1) is 1.58. The molecular formula is C9H18NO2. The van der Waals surface area contributed by atoms with E-state index in [2.05, 4.69) is 5.11 Å². The van der Waals surface area contributed by atoms with Crippen LogP contribution in [-0.4, -0.2) is 28.8 Å². The lowest BCUT2D eigenvalue weighted by Crippen LogP contribution is -2.59. The van der Waals surface area contributed by atoms with Crippen molar-refractivity contribution in [3.8, 4) is 0 Å². The number of piperidine rings is 1. The third-order valence-electron chi connectivity index (χ3n) is 1.20. The van der Waals surface area contributed by atoms with Crippen molar-refractivity contribution in [2.75, 3.05) is 0 Å². The Bertz CT molecular complexity index is 589. The lowest BCUT2D eigenvalue weighted by molar-refractivity contribution is -0.298. The van der Waals surface area contributed by atoms with Crippen molar-refractivity contribution < 1.29 is 33.6 Å². The fourth-order valence-electron chi connectivity index (χ4n) is 0.713. The highest BCUT2D eigenvalue weighted by molar-refractivity contribution is 4.95. The summed E-state index contributed by atoms with van der Waals surface area (Å²) >= 11 is 0. The van der Waals surface area contributed by atoms with Gasteiger partial charge in [0, 0.05) is 33.0 Å². The van der Waals surface area contributed by atoms with E-state index in [1.807, 2.05) is 0 Å². The van der Waals surface area contributed by atoms with Gasteiger partial charge >= 0.3 is 0 Å². The van der Waals surface area contributed by atoms with Gasteiger partial charge in [-0.05, 0) is 40.2 Å². The van der Waals surface area contributed by atoms with Gasteiger partial charge in [-0.3, -0.25) is 0 Å². The van der Waals surface area contributed by atoms with Crippen LogP contribution >= 0.6 is 0 Å². The Balaban J connectivity index is 4.58. The Hall–Kier alpha value is -0.120. The summed E-state index contributed by atoms with van der Waals surface area (Å²) in [5.41, 5.74) is -9.27. The van der Waals surface area contributed by atoms with Gasteiger partial charge in [0.15, 0.2) is 0 Å². The van der Waals surface area contributed by atoms with Gasteiger partial charge in [0.05, 0.1) is 7.45 Å². The monoisotopic (exact) mass is 190 g/mol. The molecule has 0 aromatic carbocycles. The summed E-state index contributed by atoms with van der Waals surface area (Å²) in [6.07, 6.45) is -13.3. The summed E-state index contributed by atoms with van der Waals surface area (Å²) < 4.78 is 138. The maximum absolute atomic E-state index is 13.4. The van der Waals surface area contributed by atoms with Gasteiger partial charge in [0.25, 0.3) is 0 Å². The van der Waals surface area contributed by atoms with E-state index in [-0.39, 0.29) is 0 Å². The molecule has 1 radical (unpaired) electrons. The summed E-state index contributed by atoms with van der Waals surface area (Å²) in [5, 5.41) is 15.5. The first-order valence-electron chi connectivity index (χ1n) is 11.7. The molecule has 1 aliphatic heterocycles. The van der Waals surface area contributed by atoms with Crippen LogP contribution in [0.1, 0.15) is 63.5 Å². The molecule has 0 bridgehead atoms. The second-order valence-corrected chi connectivity index (χ2v) is 2.29. The predicted molar refractivity (Wildman–Crippen MR) is 45.9 cm³/mol. The molecule has 0 atom stereocenters. The van der Waals surface area contributed by atoms with E-state index in [0.717, 1.165) is 0 Å². The molecule has 0 amide bonds. The van der Waals surface area contributed by atoms with Crippen molar-refractivity contribution in [1.29, 1.82) is 1.43 Å². The van der Waals surface area contributed by atoms with Gasteiger partial charge in [0.2, 0.25) is 1.43 Å². The maximum atomic E-state index is 13.4. The van der Waals surface area contributed by atoms with E-state index in [1.165, 1.54) is 0 Å². The van der Waals surface area contributed by atoms with Crippen LogP contribution in [0.4, 0.5) is 0 Å². The average molecular weight is 190 g/mol. The van der Waals surface area contributed by atoms with E-state index in [4.69, 9.17) is 24.7 Å². The van der Waals surface area contributed by atoms with Crippen LogP contribution in [0.15, 0.2) is 0 Å². The highest BCUT2D eigenvalue weighted by atomic mass is 16.5. The Morgan fingerprint density at radius 2 is 2.08 bits per heavy atom. The van der Waals surface area contributed by atoms with Crippen LogP contribution in [0.3, 0.4) is 0 Å². The molecule has 0 spiro atoms. The van der Waals surface area contributed by atoms with Crippen LogP contribution < -0.4 is 0 Å². The van der Waals surface area contributed by atoms with Crippen LogP contribution in [0.2, 0.25) is 0 Å². The van der Waals surface area contributed by atoms with Gasteiger partial charge < -0.3 is 5.11 Å². The summed E-state index contributed by atoms with van der Waals surface area (Å²) in [7, 11) is 0. The number of hydrogen-bond acceptors (Lipinski definition) is 2. The van der Waals surface area contributed by atoms with Crippen LogP contribution in [0, 0.1) is 0 Å². The van der Waals surface area contributed by atoms with Crippen LogP contribution in [-0.2, 0) is 5.21 Å². The number of nitrogens with zero attached hydrogens (tertiary/aromatic N) is 1. The number of aliphatic hydroxyl groups is 1. The van der Waals surface area contributed by atoms with Gasteiger partial charge in [-0.15, -0.1) is 10.3 Å². The molecule has 71 valence electrons. The van der Waals surface area contributed by atoms with Gasteiger partial charge in [-0.1, -0.05) is 0 Å². The summed E-state index contributed by atoms with van der Waals surface area (Å²) in [6.45, 7) is -17.4. The van der Waals surface area contributed by atoms with Gasteiger partial charge in [-0.2, -0.15) is 0 Å². The Morgan fingerprint density at radius 3 is 2.42 bits per heavy atom. The second kappa shape index (κ2) is 2.69. The topological polar surface area (TPSA) is 43.4 Å². The van der Waals surface area contributed by atoms with Crippen molar-refractivity contribution in [2.45, 2.75) is 57.3 Å². The summed E-state index contributed by atoms with van der Waals surface area (Å²) in [4.78, 5) is 0. The average Bonchev–Trinajstić information content (AvgIpc) is 2.38. The number of rotatable bonds is 1. The van der Waals surface area contributed by atoms with E-state index in [0.29, 0.717) is 0 Å². The summed E-state index contributed by atoms with van der Waals surface area (Å²) in [6, 6.07) is 0. The molecule has 0 aromatic rings. The molecule has 1 aliphatic rings. The molecule has 3 nitrogen and oxygen atoms in total. The standard InChI is InChI=1S/C9H18NO2/c1-8(2)5-7(11)6-9(3,4)10(8)12/h7,11H,5-6H2,1-4H3/i1D3,2D3,3D3,4D3,5D2,6D2,7D,11D. The van der Waals surface area contributed by atoms with E-state index in [9.17, 15) is 5.21 Å². The molecule has 1 rings (SSSR count). The molecule has 1 fully saturated rings. The normalized spacial score (nSPS) is 67.8. The van der Waals surface area contributed by atoms with Crippen molar-refractivity contribution >= 4 is 0 Å². The van der Waals surface area contributed by atoms with Crippen molar-refractivity contribution in [3.05, 3.63) is 0 Å². The van der Waals surface area contributed by atoms with Crippen LogP contribution in [0.5, 0.6) is 0 Å². The Labute approximate surface area is 99.3 Å². The highest BCUT2D eigenvalue weighted by Crippen LogP contribution is 2.36. The zero-order valence-corrected chi connectivity index (χ0v) is 5.76. The highest BCUT2D eigenvalue weighted by Gasteiger charge is 2.45. The largest absolute Gasteiger partial charge is 0.393 e. The maximum Gasteiger partial charge on any atom is 0.210 e. The minimum absolute atomic E-state index is 1.59. The Kier molecular flexibility index (Phi) is 0.353. The molecule has 12 heavy (non-hydrogen) atoms. The first-order valence-corrected chi connectivity index (χ1v) is 2.83. The first-order chi connectivity index (χ1) is 12.7. The third kappa shape index (κ3) is 1.63. The summed E-state index contributed by atoms with van der Waals surface area (Å²) in [5.74, 6) is 0. The zero-order valence-electron chi connectivity index (χ0n) is 23.8. The van der Waals surface area contributed by atoms with Crippen molar-refractivity contribution in [3.63, 3.8) is 0 Å². The molecule has 1 heterocycles. The van der Waals surface area contributed by atoms with Gasteiger partial charge in [0.1, 0.15) is 0 Å². The number of hydroxylamine groups is 2. The quantitative estimate of drug-likeness (QED) is 0.678. The lowest BCUT2D eigenvalue weighted by atomic mass is 9.80. The second-order valence-electron chi connectivity index (χ2n) is 2.29. The lowest BCUT2D eigenvalue weighted by Gasteiger charge is -2.48. The van der Waals surface area contributed by atoms with Crippen molar-refractivity contribution in [1.82, 2.24) is 5.06 Å². The zero-order chi connectivity index (χ0) is 24.8. The minimum atomic E-state index is -4.63. The minimum Gasteiger partial charge on any atom is -0.393 e. The molecule has 0 saturated carbocycles. The smallest absolute Gasteiger partial charge is 0.210 e. The Morgan fingerprint density at radius 1 is 1.58 bits per heavy atom.